The predicted octanol–water partition coefficient (Wildman–Crippen LogP) is 2.69. The highest BCUT2D eigenvalue weighted by Crippen LogP contribution is 2.28. The Morgan fingerprint density at radius 3 is 2.65 bits per heavy atom. The fraction of sp³-hybridized carbons (Fsp3) is 0.562. The number of fused-ring (bicyclic) bond motifs is 2. The second-order valence-corrected chi connectivity index (χ2v) is 6.44. The van der Waals surface area contributed by atoms with Crippen LogP contribution in [0.15, 0.2) is 24.3 Å². The summed E-state index contributed by atoms with van der Waals surface area (Å²) in [6.07, 6.45) is 3.77. The first kappa shape index (κ1) is 14.1. The van der Waals surface area contributed by atoms with E-state index in [9.17, 15) is 4.79 Å². The number of carbonyl (C=O) groups is 1. The number of benzene rings is 1. The van der Waals surface area contributed by atoms with E-state index in [1.54, 1.807) is 12.1 Å². The van der Waals surface area contributed by atoms with E-state index in [1.165, 1.54) is 19.3 Å². The van der Waals surface area contributed by atoms with Crippen LogP contribution in [0.1, 0.15) is 29.6 Å². The number of carbonyl (C=O) groups excluding carboxylic acids is 1. The number of hydrogen-bond donors (Lipinski definition) is 0. The number of ketones is 1. The summed E-state index contributed by atoms with van der Waals surface area (Å²) in [7, 11) is 2.23. The molecule has 108 valence electrons. The van der Waals surface area contributed by atoms with Gasteiger partial charge >= 0.3 is 0 Å². The summed E-state index contributed by atoms with van der Waals surface area (Å²) < 4.78 is 0. The molecule has 0 N–H and O–H groups in total. The highest BCUT2D eigenvalue weighted by Gasteiger charge is 2.34. The van der Waals surface area contributed by atoms with Crippen molar-refractivity contribution in [3.8, 4) is 0 Å². The number of nitrogens with zero attached hydrogens (tertiary/aromatic N) is 2. The van der Waals surface area contributed by atoms with Crippen molar-refractivity contribution in [2.75, 3.05) is 26.7 Å². The average Bonchev–Trinajstić information content (AvgIpc) is 2.68. The van der Waals surface area contributed by atoms with Gasteiger partial charge in [0.05, 0.1) is 6.54 Å². The number of hydrogen-bond acceptors (Lipinski definition) is 3. The minimum atomic E-state index is 0.196. The van der Waals surface area contributed by atoms with Gasteiger partial charge in [0.1, 0.15) is 0 Å². The molecule has 0 saturated carbocycles. The summed E-state index contributed by atoms with van der Waals surface area (Å²) in [5.74, 6) is 0.196. The van der Waals surface area contributed by atoms with Gasteiger partial charge in [0.25, 0.3) is 0 Å². The minimum Gasteiger partial charge on any atom is -0.299 e. The van der Waals surface area contributed by atoms with E-state index in [-0.39, 0.29) is 5.78 Å². The first-order valence-electron chi connectivity index (χ1n) is 7.36. The molecule has 2 bridgehead atoms. The van der Waals surface area contributed by atoms with Crippen molar-refractivity contribution in [2.45, 2.75) is 31.3 Å². The zero-order valence-corrected chi connectivity index (χ0v) is 12.6. The Morgan fingerprint density at radius 1 is 1.20 bits per heavy atom. The van der Waals surface area contributed by atoms with Gasteiger partial charge < -0.3 is 0 Å². The molecule has 2 saturated heterocycles. The summed E-state index contributed by atoms with van der Waals surface area (Å²) >= 11 is 5.86. The minimum absolute atomic E-state index is 0.196. The smallest absolute Gasteiger partial charge is 0.176 e. The van der Waals surface area contributed by atoms with Crippen LogP contribution in [0.2, 0.25) is 5.02 Å². The van der Waals surface area contributed by atoms with Gasteiger partial charge in [-0.05, 0) is 50.6 Å². The Hall–Kier alpha value is -0.900. The summed E-state index contributed by atoms with van der Waals surface area (Å²) in [5.41, 5.74) is 0.761. The van der Waals surface area contributed by atoms with Crippen molar-refractivity contribution in [2.24, 2.45) is 0 Å². The standard InChI is InChI=1S/C16H21ClN2O/c1-18-14-6-7-15(18)10-19(9-8-14)11-16(20)12-2-4-13(17)5-3-12/h2-5,14-15H,6-11H2,1H3. The zero-order chi connectivity index (χ0) is 14.1. The van der Waals surface area contributed by atoms with Crippen molar-refractivity contribution in [1.29, 1.82) is 0 Å². The fourth-order valence-corrected chi connectivity index (χ4v) is 3.58. The topological polar surface area (TPSA) is 23.6 Å². The van der Waals surface area contributed by atoms with Crippen LogP contribution in [-0.4, -0.2) is 54.3 Å². The largest absolute Gasteiger partial charge is 0.299 e. The van der Waals surface area contributed by atoms with Gasteiger partial charge in [0.15, 0.2) is 5.78 Å². The lowest BCUT2D eigenvalue weighted by Crippen LogP contribution is -2.38. The molecule has 3 rings (SSSR count). The molecule has 2 aliphatic rings. The normalized spacial score (nSPS) is 27.5. The Labute approximate surface area is 125 Å². The third-order valence-corrected chi connectivity index (χ3v) is 5.02. The van der Waals surface area contributed by atoms with Crippen LogP contribution in [0, 0.1) is 0 Å². The summed E-state index contributed by atoms with van der Waals surface area (Å²) in [6.45, 7) is 2.58. The molecule has 2 unspecified atom stereocenters. The average molecular weight is 293 g/mol. The van der Waals surface area contributed by atoms with Crippen molar-refractivity contribution in [1.82, 2.24) is 9.80 Å². The quantitative estimate of drug-likeness (QED) is 0.800. The van der Waals surface area contributed by atoms with Crippen molar-refractivity contribution < 1.29 is 4.79 Å². The molecule has 2 heterocycles. The second-order valence-electron chi connectivity index (χ2n) is 6.00. The lowest BCUT2D eigenvalue weighted by molar-refractivity contribution is 0.0923. The van der Waals surface area contributed by atoms with E-state index >= 15 is 0 Å². The maximum atomic E-state index is 12.3. The van der Waals surface area contributed by atoms with Crippen LogP contribution in [0.25, 0.3) is 0 Å². The van der Waals surface area contributed by atoms with Crippen LogP contribution in [0.5, 0.6) is 0 Å². The molecule has 2 atom stereocenters. The van der Waals surface area contributed by atoms with Crippen molar-refractivity contribution in [3.05, 3.63) is 34.9 Å². The van der Waals surface area contributed by atoms with Gasteiger partial charge in [0, 0.05) is 35.8 Å². The van der Waals surface area contributed by atoms with Crippen LogP contribution in [0.4, 0.5) is 0 Å². The third kappa shape index (κ3) is 2.90. The second kappa shape index (κ2) is 5.84. The van der Waals surface area contributed by atoms with E-state index in [4.69, 9.17) is 11.6 Å². The van der Waals surface area contributed by atoms with Gasteiger partial charge in [-0.25, -0.2) is 0 Å². The Kier molecular flexibility index (Phi) is 4.11. The molecule has 2 aliphatic heterocycles. The number of rotatable bonds is 3. The van der Waals surface area contributed by atoms with Crippen LogP contribution < -0.4 is 0 Å². The summed E-state index contributed by atoms with van der Waals surface area (Å²) in [4.78, 5) is 17.1. The van der Waals surface area contributed by atoms with Crippen LogP contribution in [-0.2, 0) is 0 Å². The molecule has 20 heavy (non-hydrogen) atoms. The highest BCUT2D eigenvalue weighted by molar-refractivity contribution is 6.30. The van der Waals surface area contributed by atoms with Crippen LogP contribution >= 0.6 is 11.6 Å². The lowest BCUT2D eigenvalue weighted by Gasteiger charge is -2.25. The Morgan fingerprint density at radius 2 is 1.90 bits per heavy atom. The van der Waals surface area contributed by atoms with Gasteiger partial charge in [-0.3, -0.25) is 14.6 Å². The van der Waals surface area contributed by atoms with Crippen LogP contribution in [0.3, 0.4) is 0 Å². The van der Waals surface area contributed by atoms with Gasteiger partial charge in [-0.15, -0.1) is 0 Å². The molecule has 1 aromatic rings. The van der Waals surface area contributed by atoms with Gasteiger partial charge in [0.2, 0.25) is 0 Å². The van der Waals surface area contributed by atoms with E-state index in [0.29, 0.717) is 17.6 Å². The third-order valence-electron chi connectivity index (χ3n) is 4.77. The van der Waals surface area contributed by atoms with E-state index in [2.05, 4.69) is 16.8 Å². The SMILES string of the molecule is CN1C2CCC1CN(CC(=O)c1ccc(Cl)cc1)CC2. The summed E-state index contributed by atoms with van der Waals surface area (Å²) in [5, 5.41) is 0.676. The number of likely N-dealkylation sites (tertiary alicyclic amines) is 1. The molecule has 3 nitrogen and oxygen atoms in total. The maximum Gasteiger partial charge on any atom is 0.176 e. The summed E-state index contributed by atoms with van der Waals surface area (Å²) in [6, 6.07) is 8.55. The number of Topliss-reactive ketones (excluding diaryl/α,β-unsaturated/α-hetero) is 1. The highest BCUT2D eigenvalue weighted by atomic mass is 35.5. The molecule has 0 aromatic heterocycles. The molecule has 0 radical (unpaired) electrons. The molecular formula is C16H21ClN2O. The molecule has 2 fully saturated rings. The predicted molar refractivity (Wildman–Crippen MR) is 81.4 cm³/mol. The number of halogens is 1. The van der Waals surface area contributed by atoms with Crippen molar-refractivity contribution in [3.63, 3.8) is 0 Å². The monoisotopic (exact) mass is 292 g/mol. The molecule has 1 aromatic carbocycles. The Balaban J connectivity index is 1.63. The van der Waals surface area contributed by atoms with E-state index in [0.717, 1.165) is 24.7 Å². The first-order chi connectivity index (χ1) is 9.63. The molecule has 0 aliphatic carbocycles. The van der Waals surface area contributed by atoms with Gasteiger partial charge in [-0.1, -0.05) is 11.6 Å². The van der Waals surface area contributed by atoms with Crippen molar-refractivity contribution >= 4 is 17.4 Å². The van der Waals surface area contributed by atoms with Gasteiger partial charge in [-0.2, -0.15) is 0 Å². The molecule has 0 spiro atoms. The first-order valence-corrected chi connectivity index (χ1v) is 7.74. The lowest BCUT2D eigenvalue weighted by atomic mass is 10.1. The molecule has 0 amide bonds. The maximum absolute atomic E-state index is 12.3. The van der Waals surface area contributed by atoms with E-state index < -0.39 is 0 Å². The zero-order valence-electron chi connectivity index (χ0n) is 11.9. The molecule has 4 heteroatoms. The van der Waals surface area contributed by atoms with E-state index in [1.807, 2.05) is 12.1 Å². The Bertz CT molecular complexity index is 488. The fourth-order valence-electron chi connectivity index (χ4n) is 3.45. The molecular weight excluding hydrogens is 272 g/mol. The number of likely N-dealkylation sites (N-methyl/N-ethyl adjacent to an activating group) is 1.